The van der Waals surface area contributed by atoms with Crippen LogP contribution in [0, 0.1) is 10.1 Å². The van der Waals surface area contributed by atoms with Crippen LogP contribution in [0.4, 0.5) is 5.82 Å². The Morgan fingerprint density at radius 1 is 1.80 bits per heavy atom. The highest BCUT2D eigenvalue weighted by Gasteiger charge is 2.21. The lowest BCUT2D eigenvalue weighted by molar-refractivity contribution is -0.390. The fourth-order valence-electron chi connectivity index (χ4n) is 1.22. The molecule has 0 amide bonds. The smallest absolute Gasteiger partial charge is 0.358 e. The van der Waals surface area contributed by atoms with Crippen LogP contribution in [0.5, 0.6) is 0 Å². The first-order chi connectivity index (χ1) is 6.91. The van der Waals surface area contributed by atoms with Crippen molar-refractivity contribution in [2.24, 2.45) is 0 Å². The average molecular weight is 276 g/mol. The summed E-state index contributed by atoms with van der Waals surface area (Å²) in [7, 11) is 0. The summed E-state index contributed by atoms with van der Waals surface area (Å²) in [6.07, 6.45) is 1.82. The zero-order valence-electron chi connectivity index (χ0n) is 8.31. The summed E-state index contributed by atoms with van der Waals surface area (Å²) in [6.45, 7) is 3.26. The van der Waals surface area contributed by atoms with E-state index in [-0.39, 0.29) is 17.6 Å². The topological polar surface area (TPSA) is 78.0 Å². The summed E-state index contributed by atoms with van der Waals surface area (Å²) in [5, 5.41) is 14.3. The van der Waals surface area contributed by atoms with Gasteiger partial charge >= 0.3 is 5.82 Å². The fraction of sp³-hybridized carbons (Fsp3) is 0.500. The SMILES string of the molecule is CC(=O)CC(C)n1cc(Br)c([N+](=O)[O-])n1. The zero-order valence-corrected chi connectivity index (χ0v) is 9.89. The van der Waals surface area contributed by atoms with E-state index in [1.165, 1.54) is 17.8 Å². The van der Waals surface area contributed by atoms with Crippen molar-refractivity contribution in [1.29, 1.82) is 0 Å². The largest absolute Gasteiger partial charge is 0.404 e. The minimum absolute atomic E-state index is 0.0248. The van der Waals surface area contributed by atoms with Gasteiger partial charge in [0.1, 0.15) is 10.3 Å². The van der Waals surface area contributed by atoms with E-state index in [2.05, 4.69) is 21.0 Å². The molecule has 6 nitrogen and oxygen atoms in total. The Labute approximate surface area is 94.5 Å². The van der Waals surface area contributed by atoms with E-state index < -0.39 is 4.92 Å². The van der Waals surface area contributed by atoms with Crippen molar-refractivity contribution in [3.63, 3.8) is 0 Å². The molecular formula is C8H10BrN3O3. The highest BCUT2D eigenvalue weighted by Crippen LogP contribution is 2.24. The number of rotatable bonds is 4. The molecule has 0 saturated heterocycles. The molecule has 0 saturated carbocycles. The molecule has 0 fully saturated rings. The molecule has 1 atom stereocenters. The van der Waals surface area contributed by atoms with Crippen molar-refractivity contribution in [1.82, 2.24) is 9.78 Å². The predicted octanol–water partition coefficient (Wildman–Crippen LogP) is 2.09. The number of nitrogens with zero attached hydrogens (tertiary/aromatic N) is 3. The van der Waals surface area contributed by atoms with Gasteiger partial charge in [0.05, 0.1) is 17.3 Å². The fourth-order valence-corrected chi connectivity index (χ4v) is 1.65. The molecule has 0 spiro atoms. The van der Waals surface area contributed by atoms with E-state index in [0.717, 1.165) is 0 Å². The van der Waals surface area contributed by atoms with E-state index in [0.29, 0.717) is 10.9 Å². The van der Waals surface area contributed by atoms with Crippen molar-refractivity contribution in [3.8, 4) is 0 Å². The second kappa shape index (κ2) is 4.52. The molecule has 0 bridgehead atoms. The standard InChI is InChI=1S/C8H10BrN3O3/c1-5(3-6(2)13)11-4-7(9)8(10-11)12(14)15/h4-5H,3H2,1-2H3. The number of ketones is 1. The molecule has 0 aliphatic rings. The lowest BCUT2D eigenvalue weighted by Crippen LogP contribution is -2.09. The Bertz CT molecular complexity index is 402. The summed E-state index contributed by atoms with van der Waals surface area (Å²) in [5.74, 6) is -0.206. The Kier molecular flexibility index (Phi) is 3.57. The van der Waals surface area contributed by atoms with Crippen LogP contribution in [-0.2, 0) is 4.79 Å². The van der Waals surface area contributed by atoms with Gasteiger partial charge in [-0.25, -0.2) is 0 Å². The summed E-state index contributed by atoms with van der Waals surface area (Å²) in [6, 6.07) is -0.174. The number of carbonyl (C=O) groups excluding carboxylic acids is 1. The Hall–Kier alpha value is -1.24. The van der Waals surface area contributed by atoms with Gasteiger partial charge in [-0.3, -0.25) is 4.79 Å². The molecule has 1 aromatic heterocycles. The molecule has 82 valence electrons. The van der Waals surface area contributed by atoms with Crippen LogP contribution in [0.15, 0.2) is 10.7 Å². The zero-order chi connectivity index (χ0) is 11.6. The lowest BCUT2D eigenvalue weighted by Gasteiger charge is -2.04. The van der Waals surface area contributed by atoms with Gasteiger partial charge in [-0.2, -0.15) is 4.68 Å². The molecule has 1 unspecified atom stereocenters. The van der Waals surface area contributed by atoms with Crippen LogP contribution in [-0.4, -0.2) is 20.5 Å². The van der Waals surface area contributed by atoms with Crippen molar-refractivity contribution in [2.45, 2.75) is 26.3 Å². The van der Waals surface area contributed by atoms with Gasteiger partial charge in [0.25, 0.3) is 0 Å². The molecule has 0 aromatic carbocycles. The highest BCUT2D eigenvalue weighted by atomic mass is 79.9. The maximum Gasteiger partial charge on any atom is 0.404 e. The molecule has 0 aliphatic heterocycles. The molecule has 0 radical (unpaired) electrons. The van der Waals surface area contributed by atoms with Crippen molar-refractivity contribution in [3.05, 3.63) is 20.8 Å². The van der Waals surface area contributed by atoms with Crippen LogP contribution in [0.2, 0.25) is 0 Å². The summed E-state index contributed by atoms with van der Waals surface area (Å²) in [5.41, 5.74) is 0. The second-order valence-electron chi connectivity index (χ2n) is 3.29. The number of Topliss-reactive ketones (excluding diaryl/α,β-unsaturated/α-hetero) is 1. The highest BCUT2D eigenvalue weighted by molar-refractivity contribution is 9.10. The third kappa shape index (κ3) is 2.85. The minimum atomic E-state index is -0.568. The lowest BCUT2D eigenvalue weighted by atomic mass is 10.2. The van der Waals surface area contributed by atoms with Crippen LogP contribution < -0.4 is 0 Å². The van der Waals surface area contributed by atoms with Crippen molar-refractivity contribution in [2.75, 3.05) is 0 Å². The van der Waals surface area contributed by atoms with Gasteiger partial charge in [-0.05, 0) is 34.7 Å². The van der Waals surface area contributed by atoms with Crippen LogP contribution in [0.25, 0.3) is 0 Å². The molecule has 1 aromatic rings. The van der Waals surface area contributed by atoms with Gasteiger partial charge in [-0.15, -0.1) is 0 Å². The van der Waals surface area contributed by atoms with Crippen molar-refractivity contribution >= 4 is 27.5 Å². The summed E-state index contributed by atoms with van der Waals surface area (Å²) in [4.78, 5) is 20.8. The first kappa shape index (κ1) is 11.8. The van der Waals surface area contributed by atoms with Gasteiger partial charge in [0.15, 0.2) is 0 Å². The van der Waals surface area contributed by atoms with Gasteiger partial charge in [-0.1, -0.05) is 0 Å². The van der Waals surface area contributed by atoms with E-state index in [9.17, 15) is 14.9 Å². The van der Waals surface area contributed by atoms with Gasteiger partial charge in [0.2, 0.25) is 0 Å². The van der Waals surface area contributed by atoms with Gasteiger partial charge < -0.3 is 10.1 Å². The maximum absolute atomic E-state index is 10.9. The average Bonchev–Trinajstić information content (AvgIpc) is 2.46. The first-order valence-electron chi connectivity index (χ1n) is 4.30. The molecular weight excluding hydrogens is 266 g/mol. The number of hydrogen-bond donors (Lipinski definition) is 0. The summed E-state index contributed by atoms with van der Waals surface area (Å²) >= 11 is 3.04. The molecule has 0 aliphatic carbocycles. The van der Waals surface area contributed by atoms with Crippen molar-refractivity contribution < 1.29 is 9.72 Å². The monoisotopic (exact) mass is 275 g/mol. The maximum atomic E-state index is 10.9. The second-order valence-corrected chi connectivity index (χ2v) is 4.15. The normalized spacial score (nSPS) is 12.5. The molecule has 1 rings (SSSR count). The van der Waals surface area contributed by atoms with Crippen LogP contribution >= 0.6 is 15.9 Å². The quantitative estimate of drug-likeness (QED) is 0.623. The third-order valence-corrected chi connectivity index (χ3v) is 2.44. The number of nitro groups is 1. The first-order valence-corrected chi connectivity index (χ1v) is 5.09. The minimum Gasteiger partial charge on any atom is -0.358 e. The van der Waals surface area contributed by atoms with E-state index in [1.807, 2.05) is 0 Å². The van der Waals surface area contributed by atoms with Crippen LogP contribution in [0.3, 0.4) is 0 Å². The molecule has 7 heteroatoms. The summed E-state index contributed by atoms with van der Waals surface area (Å²) < 4.78 is 1.74. The van der Waals surface area contributed by atoms with E-state index >= 15 is 0 Å². The predicted molar refractivity (Wildman–Crippen MR) is 56.6 cm³/mol. The Morgan fingerprint density at radius 2 is 2.40 bits per heavy atom. The number of halogens is 1. The molecule has 1 heterocycles. The number of carbonyl (C=O) groups is 1. The van der Waals surface area contributed by atoms with E-state index in [4.69, 9.17) is 0 Å². The number of hydrogen-bond acceptors (Lipinski definition) is 4. The number of aromatic nitrogens is 2. The third-order valence-electron chi connectivity index (χ3n) is 1.88. The Morgan fingerprint density at radius 3 is 2.80 bits per heavy atom. The van der Waals surface area contributed by atoms with E-state index in [1.54, 1.807) is 6.92 Å². The molecule has 15 heavy (non-hydrogen) atoms. The van der Waals surface area contributed by atoms with Gasteiger partial charge in [0, 0.05) is 6.42 Å². The van der Waals surface area contributed by atoms with Crippen LogP contribution in [0.1, 0.15) is 26.3 Å². The molecule has 0 N–H and O–H groups in total. The Balaban J connectivity index is 2.91.